The lowest BCUT2D eigenvalue weighted by Gasteiger charge is -2.18. The number of rotatable bonds is 6. The van der Waals surface area contributed by atoms with E-state index in [2.05, 4.69) is 10.6 Å². The molecule has 2 N–H and O–H groups in total. The summed E-state index contributed by atoms with van der Waals surface area (Å²) in [6, 6.07) is 8.18. The molecule has 136 valence electrons. The third kappa shape index (κ3) is 4.23. The van der Waals surface area contributed by atoms with Crippen LogP contribution >= 0.6 is 11.6 Å². The number of hydrogen-bond acceptors (Lipinski definition) is 4. The normalized spacial score (nSPS) is 13.7. The van der Waals surface area contributed by atoms with Gasteiger partial charge in [0.2, 0.25) is 11.8 Å². The molecule has 3 amide bonds. The van der Waals surface area contributed by atoms with Crippen LogP contribution in [0, 0.1) is 0 Å². The van der Waals surface area contributed by atoms with Gasteiger partial charge in [0.1, 0.15) is 5.76 Å². The number of hydrogen-bond donors (Lipinski definition) is 2. The Kier molecular flexibility index (Phi) is 5.58. The van der Waals surface area contributed by atoms with Crippen molar-refractivity contribution in [1.82, 2.24) is 10.6 Å². The summed E-state index contributed by atoms with van der Waals surface area (Å²) in [5, 5.41) is 5.60. The molecule has 1 fully saturated rings. The zero-order valence-electron chi connectivity index (χ0n) is 14.0. The van der Waals surface area contributed by atoms with E-state index in [0.29, 0.717) is 35.0 Å². The van der Waals surface area contributed by atoms with Crippen molar-refractivity contribution < 1.29 is 18.8 Å². The minimum Gasteiger partial charge on any atom is -0.467 e. The Morgan fingerprint density at radius 1 is 1.23 bits per heavy atom. The predicted molar refractivity (Wildman–Crippen MR) is 95.9 cm³/mol. The minimum absolute atomic E-state index is 0.0123. The van der Waals surface area contributed by atoms with Crippen molar-refractivity contribution in [2.24, 2.45) is 0 Å². The third-order valence-electron chi connectivity index (χ3n) is 4.02. The number of nitrogens with one attached hydrogen (secondary N) is 2. The van der Waals surface area contributed by atoms with Gasteiger partial charge < -0.3 is 20.0 Å². The lowest BCUT2D eigenvalue weighted by atomic mass is 10.1. The average molecular weight is 376 g/mol. The molecule has 0 radical (unpaired) electrons. The maximum absolute atomic E-state index is 12.3. The van der Waals surface area contributed by atoms with Gasteiger partial charge in [0, 0.05) is 18.5 Å². The van der Waals surface area contributed by atoms with Gasteiger partial charge in [-0.1, -0.05) is 11.6 Å². The van der Waals surface area contributed by atoms with E-state index < -0.39 is 5.91 Å². The SMILES string of the molecule is O=C(CNC(=O)c1ccc(Cl)c(N2CCCC2=O)c1)NCc1ccco1. The zero-order chi connectivity index (χ0) is 18.5. The molecule has 0 unspecified atom stereocenters. The Morgan fingerprint density at radius 3 is 2.77 bits per heavy atom. The van der Waals surface area contributed by atoms with Gasteiger partial charge in [0.15, 0.2) is 0 Å². The van der Waals surface area contributed by atoms with Gasteiger partial charge >= 0.3 is 0 Å². The first-order valence-electron chi connectivity index (χ1n) is 8.22. The van der Waals surface area contributed by atoms with Gasteiger partial charge in [-0.3, -0.25) is 14.4 Å². The van der Waals surface area contributed by atoms with Gasteiger partial charge in [-0.2, -0.15) is 0 Å². The zero-order valence-corrected chi connectivity index (χ0v) is 14.7. The quantitative estimate of drug-likeness (QED) is 0.808. The number of carbonyl (C=O) groups is 3. The van der Waals surface area contributed by atoms with Crippen LogP contribution in [0.25, 0.3) is 0 Å². The van der Waals surface area contributed by atoms with Gasteiger partial charge in [-0.15, -0.1) is 0 Å². The number of amides is 3. The second-order valence-corrected chi connectivity index (χ2v) is 6.26. The lowest BCUT2D eigenvalue weighted by molar-refractivity contribution is -0.120. The fourth-order valence-corrected chi connectivity index (χ4v) is 2.91. The molecule has 0 bridgehead atoms. The number of halogens is 1. The van der Waals surface area contributed by atoms with Crippen LogP contribution in [0.3, 0.4) is 0 Å². The highest BCUT2D eigenvalue weighted by atomic mass is 35.5. The molecule has 0 atom stereocenters. The number of carbonyl (C=O) groups excluding carboxylic acids is 3. The molecule has 8 heteroatoms. The molecule has 0 spiro atoms. The molecule has 1 aliphatic heterocycles. The van der Waals surface area contributed by atoms with E-state index in [0.717, 1.165) is 6.42 Å². The molecule has 1 aliphatic rings. The van der Waals surface area contributed by atoms with E-state index >= 15 is 0 Å². The van der Waals surface area contributed by atoms with Gasteiger partial charge in [0.25, 0.3) is 5.91 Å². The summed E-state index contributed by atoms with van der Waals surface area (Å²) in [6.45, 7) is 0.669. The molecule has 1 saturated heterocycles. The summed E-state index contributed by atoms with van der Waals surface area (Å²) in [6.07, 6.45) is 2.76. The molecule has 26 heavy (non-hydrogen) atoms. The van der Waals surface area contributed by atoms with E-state index in [1.54, 1.807) is 35.2 Å². The summed E-state index contributed by atoms with van der Waals surface area (Å²) >= 11 is 6.17. The van der Waals surface area contributed by atoms with E-state index in [1.165, 1.54) is 6.26 Å². The van der Waals surface area contributed by atoms with Crippen LogP contribution in [-0.4, -0.2) is 30.8 Å². The summed E-state index contributed by atoms with van der Waals surface area (Å²) < 4.78 is 5.11. The van der Waals surface area contributed by atoms with Crippen LogP contribution in [0.15, 0.2) is 41.0 Å². The highest BCUT2D eigenvalue weighted by molar-refractivity contribution is 6.34. The molecule has 0 aliphatic carbocycles. The first-order valence-corrected chi connectivity index (χ1v) is 8.59. The van der Waals surface area contributed by atoms with Crippen LogP contribution in [0.5, 0.6) is 0 Å². The Hall–Kier alpha value is -2.80. The van der Waals surface area contributed by atoms with Gasteiger partial charge in [0.05, 0.1) is 30.1 Å². The molecular formula is C18H18ClN3O4. The van der Waals surface area contributed by atoms with Crippen molar-refractivity contribution in [1.29, 1.82) is 0 Å². The Labute approximate surface area is 155 Å². The van der Waals surface area contributed by atoms with Crippen LogP contribution in [-0.2, 0) is 16.1 Å². The maximum Gasteiger partial charge on any atom is 0.251 e. The number of nitrogens with zero attached hydrogens (tertiary/aromatic N) is 1. The summed E-state index contributed by atoms with van der Waals surface area (Å²) in [4.78, 5) is 37.6. The van der Waals surface area contributed by atoms with Crippen LogP contribution in [0.4, 0.5) is 5.69 Å². The lowest BCUT2D eigenvalue weighted by Crippen LogP contribution is -2.36. The first-order chi connectivity index (χ1) is 12.5. The summed E-state index contributed by atoms with van der Waals surface area (Å²) in [7, 11) is 0. The van der Waals surface area contributed by atoms with Gasteiger partial charge in [-0.05, 0) is 36.8 Å². The monoisotopic (exact) mass is 375 g/mol. The van der Waals surface area contributed by atoms with E-state index in [1.807, 2.05) is 0 Å². The van der Waals surface area contributed by atoms with Crippen molar-refractivity contribution in [2.75, 3.05) is 18.0 Å². The third-order valence-corrected chi connectivity index (χ3v) is 4.34. The predicted octanol–water partition coefficient (Wildman–Crippen LogP) is 2.11. The van der Waals surface area contributed by atoms with E-state index in [4.69, 9.17) is 16.0 Å². The van der Waals surface area contributed by atoms with Crippen molar-refractivity contribution in [3.63, 3.8) is 0 Å². The molecule has 0 saturated carbocycles. The molecule has 7 nitrogen and oxygen atoms in total. The second kappa shape index (κ2) is 8.05. The number of furan rings is 1. The van der Waals surface area contributed by atoms with E-state index in [-0.39, 0.29) is 24.9 Å². The van der Waals surface area contributed by atoms with Crippen LogP contribution < -0.4 is 15.5 Å². The van der Waals surface area contributed by atoms with Crippen molar-refractivity contribution >= 4 is 35.0 Å². The molecule has 2 heterocycles. The summed E-state index contributed by atoms with van der Waals surface area (Å²) in [5.41, 5.74) is 0.854. The average Bonchev–Trinajstić information content (AvgIpc) is 3.30. The van der Waals surface area contributed by atoms with Crippen LogP contribution in [0.2, 0.25) is 5.02 Å². The van der Waals surface area contributed by atoms with E-state index in [9.17, 15) is 14.4 Å². The fraction of sp³-hybridized carbons (Fsp3) is 0.278. The Bertz CT molecular complexity index is 820. The highest BCUT2D eigenvalue weighted by Gasteiger charge is 2.24. The molecule has 3 rings (SSSR count). The number of benzene rings is 1. The number of anilines is 1. The van der Waals surface area contributed by atoms with Crippen molar-refractivity contribution in [2.45, 2.75) is 19.4 Å². The van der Waals surface area contributed by atoms with Crippen molar-refractivity contribution in [3.05, 3.63) is 52.9 Å². The Morgan fingerprint density at radius 2 is 2.08 bits per heavy atom. The Balaban J connectivity index is 1.57. The maximum atomic E-state index is 12.3. The molecule has 2 aromatic rings. The first kappa shape index (κ1) is 18.0. The standard InChI is InChI=1S/C18H18ClN3O4/c19-14-6-5-12(9-15(14)22-7-1-4-17(22)24)18(25)21-11-16(23)20-10-13-3-2-8-26-13/h2-3,5-6,8-9H,1,4,7,10-11H2,(H,20,23)(H,21,25). The fourth-order valence-electron chi connectivity index (χ4n) is 2.69. The van der Waals surface area contributed by atoms with Crippen molar-refractivity contribution in [3.8, 4) is 0 Å². The molecular weight excluding hydrogens is 358 g/mol. The minimum atomic E-state index is -0.414. The highest BCUT2D eigenvalue weighted by Crippen LogP contribution is 2.30. The van der Waals surface area contributed by atoms with Gasteiger partial charge in [-0.25, -0.2) is 0 Å². The topological polar surface area (TPSA) is 91.7 Å². The summed E-state index contributed by atoms with van der Waals surface area (Å²) in [5.74, 6) is -0.134. The second-order valence-electron chi connectivity index (χ2n) is 5.85. The molecule has 1 aromatic heterocycles. The smallest absolute Gasteiger partial charge is 0.251 e. The van der Waals surface area contributed by atoms with Crippen LogP contribution in [0.1, 0.15) is 29.0 Å². The molecule has 1 aromatic carbocycles. The largest absolute Gasteiger partial charge is 0.467 e.